The smallest absolute Gasteiger partial charge is 0.255 e. The molecule has 0 aliphatic carbocycles. The van der Waals surface area contributed by atoms with Crippen molar-refractivity contribution in [3.05, 3.63) is 70.6 Å². The summed E-state index contributed by atoms with van der Waals surface area (Å²) < 4.78 is 0. The standard InChI is InChI=1S/C31H38N6OS/c1-35-17-19-36(20-18-35)16-13-23-5-8-25(9-6-23)32-31(38)24-7-11-27-28(21-24)34-30(33-27)29-12-10-26(39-29)22-37-14-3-2-4-15-37/h5-12,21H,2-4,13-20,22H2,1H3,(H,32,38)(H,33,34). The topological polar surface area (TPSA) is 67.5 Å². The molecule has 4 aromatic rings. The summed E-state index contributed by atoms with van der Waals surface area (Å²) in [6.07, 6.45) is 5.00. The van der Waals surface area contributed by atoms with E-state index in [0.717, 1.165) is 73.1 Å². The molecule has 6 rings (SSSR count). The lowest BCUT2D eigenvalue weighted by molar-refractivity contribution is 0.102. The average molecular weight is 543 g/mol. The molecule has 2 aliphatic rings. The van der Waals surface area contributed by atoms with Crippen LogP contribution in [0.15, 0.2) is 54.6 Å². The van der Waals surface area contributed by atoms with Gasteiger partial charge < -0.3 is 20.1 Å². The monoisotopic (exact) mass is 542 g/mol. The predicted molar refractivity (Wildman–Crippen MR) is 161 cm³/mol. The molecule has 7 nitrogen and oxygen atoms in total. The van der Waals surface area contributed by atoms with Crippen molar-refractivity contribution in [3.63, 3.8) is 0 Å². The molecule has 2 aromatic heterocycles. The van der Waals surface area contributed by atoms with Crippen LogP contribution in [0.5, 0.6) is 0 Å². The Morgan fingerprint density at radius 3 is 2.51 bits per heavy atom. The van der Waals surface area contributed by atoms with Crippen LogP contribution in [0.3, 0.4) is 0 Å². The molecule has 204 valence electrons. The van der Waals surface area contributed by atoms with Gasteiger partial charge in [0.05, 0.1) is 15.9 Å². The van der Waals surface area contributed by atoms with Gasteiger partial charge in [0.15, 0.2) is 0 Å². The molecule has 0 unspecified atom stereocenters. The van der Waals surface area contributed by atoms with Gasteiger partial charge in [-0.25, -0.2) is 4.98 Å². The number of nitrogens with one attached hydrogen (secondary N) is 2. The van der Waals surface area contributed by atoms with Crippen molar-refractivity contribution in [2.45, 2.75) is 32.2 Å². The van der Waals surface area contributed by atoms with E-state index < -0.39 is 0 Å². The number of anilines is 1. The third kappa shape index (κ3) is 6.58. The number of hydrogen-bond acceptors (Lipinski definition) is 6. The first-order chi connectivity index (χ1) is 19.1. The fourth-order valence-corrected chi connectivity index (χ4v) is 6.51. The molecule has 2 saturated heterocycles. The zero-order chi connectivity index (χ0) is 26.6. The number of benzene rings is 2. The third-order valence-electron chi connectivity index (χ3n) is 7.99. The lowest BCUT2D eigenvalue weighted by Crippen LogP contribution is -2.45. The minimum Gasteiger partial charge on any atom is -0.337 e. The number of piperidine rings is 1. The molecular formula is C31H38N6OS. The van der Waals surface area contributed by atoms with Crippen LogP contribution in [-0.2, 0) is 13.0 Å². The van der Waals surface area contributed by atoms with Gasteiger partial charge in [0.1, 0.15) is 5.82 Å². The Hall–Kier alpha value is -3.04. The first kappa shape index (κ1) is 26.2. The van der Waals surface area contributed by atoms with Crippen molar-refractivity contribution in [2.75, 3.05) is 58.2 Å². The number of aromatic nitrogens is 2. The van der Waals surface area contributed by atoms with E-state index in [9.17, 15) is 4.79 Å². The number of imidazole rings is 1. The molecule has 39 heavy (non-hydrogen) atoms. The number of likely N-dealkylation sites (tertiary alicyclic amines) is 1. The van der Waals surface area contributed by atoms with Crippen LogP contribution in [0, 0.1) is 0 Å². The minimum absolute atomic E-state index is 0.113. The number of hydrogen-bond donors (Lipinski definition) is 2. The number of aromatic amines is 1. The van der Waals surface area contributed by atoms with Gasteiger partial charge in [-0.2, -0.15) is 0 Å². The maximum atomic E-state index is 13.0. The molecule has 2 aliphatic heterocycles. The third-order valence-corrected chi connectivity index (χ3v) is 9.07. The number of carbonyl (C=O) groups excluding carboxylic acids is 1. The largest absolute Gasteiger partial charge is 0.337 e. The van der Waals surface area contributed by atoms with Gasteiger partial charge in [0.2, 0.25) is 0 Å². The molecule has 2 N–H and O–H groups in total. The Morgan fingerprint density at radius 1 is 0.923 bits per heavy atom. The number of fused-ring (bicyclic) bond motifs is 1. The van der Waals surface area contributed by atoms with Crippen molar-refractivity contribution >= 4 is 34.0 Å². The van der Waals surface area contributed by atoms with Crippen LogP contribution < -0.4 is 5.32 Å². The highest BCUT2D eigenvalue weighted by atomic mass is 32.1. The van der Waals surface area contributed by atoms with Crippen molar-refractivity contribution in [3.8, 4) is 10.7 Å². The van der Waals surface area contributed by atoms with Crippen molar-refractivity contribution in [1.82, 2.24) is 24.7 Å². The van der Waals surface area contributed by atoms with Crippen LogP contribution in [0.4, 0.5) is 5.69 Å². The maximum absolute atomic E-state index is 13.0. The zero-order valence-electron chi connectivity index (χ0n) is 22.8. The second-order valence-corrected chi connectivity index (χ2v) is 12.1. The highest BCUT2D eigenvalue weighted by Gasteiger charge is 2.16. The summed E-state index contributed by atoms with van der Waals surface area (Å²) in [5.74, 6) is 0.753. The van der Waals surface area contributed by atoms with Crippen molar-refractivity contribution in [1.29, 1.82) is 0 Å². The van der Waals surface area contributed by atoms with Crippen LogP contribution in [0.1, 0.15) is 40.1 Å². The molecule has 8 heteroatoms. The number of thiophene rings is 1. The van der Waals surface area contributed by atoms with E-state index >= 15 is 0 Å². The number of nitrogens with zero attached hydrogens (tertiary/aromatic N) is 4. The van der Waals surface area contributed by atoms with E-state index in [1.807, 2.05) is 30.3 Å². The van der Waals surface area contributed by atoms with Crippen molar-refractivity contribution < 1.29 is 4.79 Å². The van der Waals surface area contributed by atoms with Crippen LogP contribution in [0.25, 0.3) is 21.7 Å². The summed E-state index contributed by atoms with van der Waals surface area (Å²) in [5, 5.41) is 3.05. The Bertz CT molecular complexity index is 1400. The Morgan fingerprint density at radius 2 is 1.72 bits per heavy atom. The number of H-pyrrole nitrogens is 1. The summed E-state index contributed by atoms with van der Waals surface area (Å²) >= 11 is 1.80. The molecule has 0 spiro atoms. The van der Waals surface area contributed by atoms with Crippen LogP contribution in [-0.4, -0.2) is 83.4 Å². The highest BCUT2D eigenvalue weighted by molar-refractivity contribution is 7.15. The minimum atomic E-state index is -0.113. The lowest BCUT2D eigenvalue weighted by atomic mass is 10.1. The summed E-state index contributed by atoms with van der Waals surface area (Å²) in [4.78, 5) is 31.2. The summed E-state index contributed by atoms with van der Waals surface area (Å²) in [7, 11) is 2.19. The van der Waals surface area contributed by atoms with Gasteiger partial charge >= 0.3 is 0 Å². The molecule has 2 aromatic carbocycles. The molecule has 0 radical (unpaired) electrons. The quantitative estimate of drug-likeness (QED) is 0.316. The molecule has 0 atom stereocenters. The molecule has 4 heterocycles. The van der Waals surface area contributed by atoms with Gasteiger partial charge in [0, 0.05) is 55.4 Å². The van der Waals surface area contributed by atoms with Gasteiger partial charge in [-0.3, -0.25) is 9.69 Å². The molecule has 0 saturated carbocycles. The second kappa shape index (κ2) is 12.0. The first-order valence-electron chi connectivity index (χ1n) is 14.2. The lowest BCUT2D eigenvalue weighted by Gasteiger charge is -2.32. The van der Waals surface area contributed by atoms with Crippen LogP contribution in [0.2, 0.25) is 0 Å². The molecule has 2 fully saturated rings. The van der Waals surface area contributed by atoms with Gasteiger partial charge in [-0.15, -0.1) is 11.3 Å². The number of rotatable bonds is 8. The van der Waals surface area contributed by atoms with Crippen molar-refractivity contribution in [2.24, 2.45) is 0 Å². The van der Waals surface area contributed by atoms with Gasteiger partial charge in [-0.05, 0) is 87.4 Å². The van der Waals surface area contributed by atoms with Crippen LogP contribution >= 0.6 is 11.3 Å². The highest BCUT2D eigenvalue weighted by Crippen LogP contribution is 2.29. The van der Waals surface area contributed by atoms with Gasteiger partial charge in [0.25, 0.3) is 5.91 Å². The fourth-order valence-electron chi connectivity index (χ4n) is 5.51. The average Bonchev–Trinajstić information content (AvgIpc) is 3.61. The normalized spacial score (nSPS) is 17.6. The predicted octanol–water partition coefficient (Wildman–Crippen LogP) is 5.32. The first-order valence-corrected chi connectivity index (χ1v) is 15.0. The van der Waals surface area contributed by atoms with Gasteiger partial charge in [-0.1, -0.05) is 18.6 Å². The van der Waals surface area contributed by atoms with E-state index in [-0.39, 0.29) is 5.91 Å². The molecule has 1 amide bonds. The summed E-state index contributed by atoms with van der Waals surface area (Å²) in [6.45, 7) is 9.06. The molecule has 0 bridgehead atoms. The summed E-state index contributed by atoms with van der Waals surface area (Å²) in [6, 6.07) is 18.3. The Kier molecular flexibility index (Phi) is 8.06. The van der Waals surface area contributed by atoms with E-state index in [4.69, 9.17) is 4.98 Å². The number of likely N-dealkylation sites (N-methyl/N-ethyl adjacent to an activating group) is 1. The SMILES string of the molecule is CN1CCN(CCc2ccc(NC(=O)c3ccc4nc(-c5ccc(CN6CCCCC6)s5)[nH]c4c3)cc2)CC1. The maximum Gasteiger partial charge on any atom is 0.255 e. The Labute approximate surface area is 234 Å². The Balaban J connectivity index is 1.06. The van der Waals surface area contributed by atoms with E-state index in [2.05, 4.69) is 56.3 Å². The van der Waals surface area contributed by atoms with E-state index in [0.29, 0.717) is 5.56 Å². The van der Waals surface area contributed by atoms with E-state index in [1.165, 1.54) is 42.8 Å². The second-order valence-electron chi connectivity index (χ2n) is 11.0. The van der Waals surface area contributed by atoms with E-state index in [1.54, 1.807) is 11.3 Å². The molecular weight excluding hydrogens is 504 g/mol. The summed E-state index contributed by atoms with van der Waals surface area (Å²) in [5.41, 5.74) is 4.48. The number of piperazine rings is 1. The number of amides is 1. The number of carbonyl (C=O) groups is 1. The fraction of sp³-hybridized carbons (Fsp3) is 0.419. The zero-order valence-corrected chi connectivity index (χ0v) is 23.6.